The van der Waals surface area contributed by atoms with Crippen LogP contribution >= 0.6 is 15.9 Å². The van der Waals surface area contributed by atoms with E-state index >= 15 is 0 Å². The van der Waals surface area contributed by atoms with Crippen LogP contribution in [0.1, 0.15) is 30.5 Å². The van der Waals surface area contributed by atoms with Crippen molar-refractivity contribution in [3.8, 4) is 5.75 Å². The normalized spacial score (nSPS) is 12.2. The molecule has 6 heteroatoms. The average Bonchev–Trinajstić information content (AvgIpc) is 2.49. The zero-order valence-corrected chi connectivity index (χ0v) is 13.2. The van der Waals surface area contributed by atoms with Gasteiger partial charge >= 0.3 is 0 Å². The number of rotatable bonds is 6. The Morgan fingerprint density at radius 2 is 2.24 bits per heavy atom. The van der Waals surface area contributed by atoms with Crippen LogP contribution in [0, 0.1) is 5.82 Å². The van der Waals surface area contributed by atoms with Crippen molar-refractivity contribution in [1.29, 1.82) is 0 Å². The van der Waals surface area contributed by atoms with E-state index in [9.17, 15) is 4.39 Å². The highest BCUT2D eigenvalue weighted by atomic mass is 79.9. The number of halogens is 2. The number of benzene rings is 1. The van der Waals surface area contributed by atoms with E-state index in [1.165, 1.54) is 6.07 Å². The number of nitrogens with zero attached hydrogens (tertiary/aromatic N) is 1. The van der Waals surface area contributed by atoms with Crippen molar-refractivity contribution in [1.82, 2.24) is 10.4 Å². The number of ether oxygens (including phenoxy) is 1. The Bertz CT molecular complexity index is 589. The highest BCUT2D eigenvalue weighted by Crippen LogP contribution is 2.31. The van der Waals surface area contributed by atoms with E-state index in [-0.39, 0.29) is 5.82 Å². The van der Waals surface area contributed by atoms with Gasteiger partial charge in [-0.3, -0.25) is 10.8 Å². The molecule has 1 unspecified atom stereocenters. The fourth-order valence-electron chi connectivity index (χ4n) is 2.03. The Labute approximate surface area is 131 Å². The highest BCUT2D eigenvalue weighted by Gasteiger charge is 2.20. The third-order valence-electron chi connectivity index (χ3n) is 3.00. The largest absolute Gasteiger partial charge is 0.492 e. The number of pyridine rings is 1. The van der Waals surface area contributed by atoms with Crippen LogP contribution in [-0.4, -0.2) is 11.6 Å². The maximum absolute atomic E-state index is 14.1. The molecule has 0 saturated carbocycles. The van der Waals surface area contributed by atoms with Gasteiger partial charge in [-0.1, -0.05) is 28.9 Å². The molecule has 0 amide bonds. The van der Waals surface area contributed by atoms with E-state index in [1.807, 2.05) is 13.0 Å². The quantitative estimate of drug-likeness (QED) is 0.617. The van der Waals surface area contributed by atoms with Gasteiger partial charge in [0.05, 0.1) is 18.8 Å². The molecule has 0 bridgehead atoms. The molecular formula is C15H17BrFN3O. The zero-order chi connectivity index (χ0) is 15.2. The predicted molar refractivity (Wildman–Crippen MR) is 83.3 cm³/mol. The Hall–Kier alpha value is -1.50. The summed E-state index contributed by atoms with van der Waals surface area (Å²) in [4.78, 5) is 4.13. The topological polar surface area (TPSA) is 60.2 Å². The molecule has 1 heterocycles. The van der Waals surface area contributed by atoms with Crippen LogP contribution in [0.4, 0.5) is 4.39 Å². The molecule has 1 aromatic heterocycles. The standard InChI is InChI=1S/C15H17BrFN3O/c1-2-6-21-11-7-10(8-19-9-11)15(20-18)14-12(16)4-3-5-13(14)17/h3-5,7-9,15,20H,2,6,18H2,1H3. The first-order valence-corrected chi connectivity index (χ1v) is 7.44. The van der Waals surface area contributed by atoms with Gasteiger partial charge in [-0.25, -0.2) is 9.82 Å². The maximum atomic E-state index is 14.1. The Kier molecular flexibility index (Phi) is 5.67. The Morgan fingerprint density at radius 3 is 2.90 bits per heavy atom. The molecule has 2 aromatic rings. The molecule has 112 valence electrons. The SMILES string of the molecule is CCCOc1cncc(C(NN)c2c(F)cccc2Br)c1. The van der Waals surface area contributed by atoms with Crippen molar-refractivity contribution < 1.29 is 9.13 Å². The first-order chi connectivity index (χ1) is 10.2. The summed E-state index contributed by atoms with van der Waals surface area (Å²) in [6.07, 6.45) is 4.17. The molecule has 1 atom stereocenters. The number of hydrogen-bond donors (Lipinski definition) is 2. The van der Waals surface area contributed by atoms with Crippen molar-refractivity contribution in [2.75, 3.05) is 6.61 Å². The third-order valence-corrected chi connectivity index (χ3v) is 3.69. The lowest BCUT2D eigenvalue weighted by Gasteiger charge is -2.19. The lowest BCUT2D eigenvalue weighted by atomic mass is 10.00. The van der Waals surface area contributed by atoms with Gasteiger partial charge < -0.3 is 4.74 Å². The Morgan fingerprint density at radius 1 is 1.43 bits per heavy atom. The monoisotopic (exact) mass is 353 g/mol. The lowest BCUT2D eigenvalue weighted by molar-refractivity contribution is 0.315. The van der Waals surface area contributed by atoms with Gasteiger partial charge in [0, 0.05) is 16.2 Å². The maximum Gasteiger partial charge on any atom is 0.137 e. The number of hydrogen-bond acceptors (Lipinski definition) is 4. The van der Waals surface area contributed by atoms with Crippen LogP contribution in [0.25, 0.3) is 0 Å². The second-order valence-corrected chi connectivity index (χ2v) is 5.39. The first kappa shape index (κ1) is 15.9. The Balaban J connectivity index is 2.37. The molecule has 0 radical (unpaired) electrons. The molecule has 2 rings (SSSR count). The predicted octanol–water partition coefficient (Wildman–Crippen LogP) is 3.32. The van der Waals surface area contributed by atoms with E-state index in [0.717, 1.165) is 12.0 Å². The van der Waals surface area contributed by atoms with Gasteiger partial charge in [-0.15, -0.1) is 0 Å². The van der Waals surface area contributed by atoms with E-state index in [1.54, 1.807) is 24.5 Å². The summed E-state index contributed by atoms with van der Waals surface area (Å²) in [5, 5.41) is 0. The van der Waals surface area contributed by atoms with Gasteiger partial charge in [0.25, 0.3) is 0 Å². The molecule has 0 aliphatic carbocycles. The molecular weight excluding hydrogens is 337 g/mol. The van der Waals surface area contributed by atoms with Crippen molar-refractivity contribution in [2.24, 2.45) is 5.84 Å². The molecule has 3 N–H and O–H groups in total. The minimum absolute atomic E-state index is 0.341. The summed E-state index contributed by atoms with van der Waals surface area (Å²) < 4.78 is 20.3. The minimum Gasteiger partial charge on any atom is -0.492 e. The third kappa shape index (κ3) is 3.78. The summed E-state index contributed by atoms with van der Waals surface area (Å²) in [7, 11) is 0. The van der Waals surface area contributed by atoms with Gasteiger partial charge in [-0.05, 0) is 30.2 Å². The molecule has 1 aromatic carbocycles. The molecule has 4 nitrogen and oxygen atoms in total. The first-order valence-electron chi connectivity index (χ1n) is 6.65. The van der Waals surface area contributed by atoms with E-state index in [0.29, 0.717) is 22.4 Å². The summed E-state index contributed by atoms with van der Waals surface area (Å²) in [5.41, 5.74) is 3.81. The van der Waals surface area contributed by atoms with Crippen molar-refractivity contribution in [3.63, 3.8) is 0 Å². The van der Waals surface area contributed by atoms with E-state index < -0.39 is 6.04 Å². The smallest absolute Gasteiger partial charge is 0.137 e. The van der Waals surface area contributed by atoms with Crippen LogP contribution in [0.3, 0.4) is 0 Å². The number of nitrogens with two attached hydrogens (primary N) is 1. The lowest BCUT2D eigenvalue weighted by Crippen LogP contribution is -2.30. The van der Waals surface area contributed by atoms with Gasteiger partial charge in [-0.2, -0.15) is 0 Å². The van der Waals surface area contributed by atoms with Crippen LogP contribution in [0.2, 0.25) is 0 Å². The minimum atomic E-state index is -0.516. The zero-order valence-electron chi connectivity index (χ0n) is 11.6. The van der Waals surface area contributed by atoms with E-state index in [4.69, 9.17) is 10.6 Å². The number of aromatic nitrogens is 1. The number of nitrogens with one attached hydrogen (secondary N) is 1. The highest BCUT2D eigenvalue weighted by molar-refractivity contribution is 9.10. The number of hydrazine groups is 1. The van der Waals surface area contributed by atoms with E-state index in [2.05, 4.69) is 26.3 Å². The van der Waals surface area contributed by atoms with Crippen LogP contribution in [0.15, 0.2) is 41.1 Å². The second kappa shape index (κ2) is 7.49. The van der Waals surface area contributed by atoms with Crippen molar-refractivity contribution in [2.45, 2.75) is 19.4 Å². The summed E-state index contributed by atoms with van der Waals surface area (Å²) in [6, 6.07) is 6.10. The fourth-order valence-corrected chi connectivity index (χ4v) is 2.60. The molecule has 0 fully saturated rings. The molecule has 0 aliphatic heterocycles. The molecule has 0 aliphatic rings. The van der Waals surface area contributed by atoms with Crippen LogP contribution in [0.5, 0.6) is 5.75 Å². The van der Waals surface area contributed by atoms with Crippen molar-refractivity contribution in [3.05, 3.63) is 58.1 Å². The van der Waals surface area contributed by atoms with Gasteiger partial charge in [0.2, 0.25) is 0 Å². The summed E-state index contributed by atoms with van der Waals surface area (Å²) in [6.45, 7) is 2.63. The molecule has 0 saturated heterocycles. The summed E-state index contributed by atoms with van der Waals surface area (Å²) in [5.74, 6) is 5.92. The average molecular weight is 354 g/mol. The van der Waals surface area contributed by atoms with Gasteiger partial charge in [0.15, 0.2) is 0 Å². The molecule has 0 spiro atoms. The van der Waals surface area contributed by atoms with Crippen LogP contribution < -0.4 is 16.0 Å². The molecule has 21 heavy (non-hydrogen) atoms. The second-order valence-electron chi connectivity index (χ2n) is 4.54. The fraction of sp³-hybridized carbons (Fsp3) is 0.267. The van der Waals surface area contributed by atoms with Gasteiger partial charge in [0.1, 0.15) is 11.6 Å². The van der Waals surface area contributed by atoms with Crippen LogP contribution in [-0.2, 0) is 0 Å². The van der Waals surface area contributed by atoms with Crippen molar-refractivity contribution >= 4 is 15.9 Å². The summed E-state index contributed by atoms with van der Waals surface area (Å²) >= 11 is 3.36.